The Morgan fingerprint density at radius 3 is 2.04 bits per heavy atom. The fraction of sp³-hybridized carbons (Fsp3) is 0. The first-order valence-electron chi connectivity index (χ1n) is 7.18. The van der Waals surface area contributed by atoms with Gasteiger partial charge in [0.1, 0.15) is 23.1 Å². The van der Waals surface area contributed by atoms with Gasteiger partial charge in [-0.05, 0) is 41.5 Å². The summed E-state index contributed by atoms with van der Waals surface area (Å²) in [6.45, 7) is 0. The summed E-state index contributed by atoms with van der Waals surface area (Å²) in [6, 6.07) is 17.9. The molecule has 1 aliphatic rings. The average molecular weight is 308 g/mol. The molecule has 0 spiro atoms. The second-order valence-electron chi connectivity index (χ2n) is 5.26. The van der Waals surface area contributed by atoms with Gasteiger partial charge in [-0.1, -0.05) is 36.4 Å². The fourth-order valence-electron chi connectivity index (χ4n) is 2.59. The maximum Gasteiger partial charge on any atom is 0.635 e. The van der Waals surface area contributed by atoms with Crippen LogP contribution in [0, 0.1) is 11.6 Å². The number of hydrogen-bond donors (Lipinski definition) is 0. The van der Waals surface area contributed by atoms with Gasteiger partial charge in [0.15, 0.2) is 0 Å². The van der Waals surface area contributed by atoms with Gasteiger partial charge in [0.05, 0.1) is 0 Å². The number of para-hydroxylation sites is 2. The van der Waals surface area contributed by atoms with Crippen molar-refractivity contribution < 1.29 is 18.1 Å². The van der Waals surface area contributed by atoms with Crippen LogP contribution in [0.4, 0.5) is 8.78 Å². The molecular weight excluding hydrogens is 297 g/mol. The van der Waals surface area contributed by atoms with E-state index in [1.807, 2.05) is 12.1 Å². The van der Waals surface area contributed by atoms with Crippen LogP contribution in [-0.4, -0.2) is 7.12 Å². The summed E-state index contributed by atoms with van der Waals surface area (Å²) in [6.07, 6.45) is 0. The van der Waals surface area contributed by atoms with E-state index < -0.39 is 12.9 Å². The fourth-order valence-corrected chi connectivity index (χ4v) is 2.59. The van der Waals surface area contributed by atoms with Crippen LogP contribution in [0.3, 0.4) is 0 Å². The van der Waals surface area contributed by atoms with Crippen molar-refractivity contribution in [1.82, 2.24) is 0 Å². The van der Waals surface area contributed by atoms with E-state index in [1.165, 1.54) is 18.2 Å². The summed E-state index contributed by atoms with van der Waals surface area (Å²) in [5, 5.41) is 0. The van der Waals surface area contributed by atoms with E-state index in [2.05, 4.69) is 0 Å². The zero-order valence-electron chi connectivity index (χ0n) is 12.0. The van der Waals surface area contributed by atoms with E-state index >= 15 is 0 Å². The predicted molar refractivity (Wildman–Crippen MR) is 84.9 cm³/mol. The molecule has 3 aromatic rings. The minimum absolute atomic E-state index is 0.307. The van der Waals surface area contributed by atoms with Crippen LogP contribution in [0.2, 0.25) is 0 Å². The molecule has 1 aliphatic heterocycles. The molecule has 0 N–H and O–H groups in total. The van der Waals surface area contributed by atoms with E-state index in [4.69, 9.17) is 9.31 Å². The number of halogens is 2. The van der Waals surface area contributed by atoms with Crippen molar-refractivity contribution in [2.45, 2.75) is 0 Å². The minimum atomic E-state index is -0.811. The van der Waals surface area contributed by atoms with Gasteiger partial charge < -0.3 is 9.31 Å². The predicted octanol–water partition coefficient (Wildman–Crippen LogP) is 3.80. The van der Waals surface area contributed by atoms with Gasteiger partial charge >= 0.3 is 7.12 Å². The topological polar surface area (TPSA) is 18.5 Å². The van der Waals surface area contributed by atoms with Crippen molar-refractivity contribution in [2.24, 2.45) is 0 Å². The lowest BCUT2D eigenvalue weighted by molar-refractivity contribution is 0.513. The maximum atomic E-state index is 14.5. The monoisotopic (exact) mass is 308 g/mol. The summed E-state index contributed by atoms with van der Waals surface area (Å²) in [4.78, 5) is 0. The van der Waals surface area contributed by atoms with Gasteiger partial charge in [0, 0.05) is 5.46 Å². The first-order valence-corrected chi connectivity index (χ1v) is 7.18. The maximum absolute atomic E-state index is 14.5. The third-order valence-corrected chi connectivity index (χ3v) is 3.73. The first-order chi connectivity index (χ1) is 11.2. The third kappa shape index (κ3) is 2.54. The Labute approximate surface area is 132 Å². The molecule has 2 nitrogen and oxygen atoms in total. The van der Waals surface area contributed by atoms with E-state index in [0.717, 1.165) is 0 Å². The largest absolute Gasteiger partial charge is 0.635 e. The Hall–Kier alpha value is -2.82. The molecule has 0 atom stereocenters. The normalized spacial score (nSPS) is 12.5. The van der Waals surface area contributed by atoms with Crippen LogP contribution < -0.4 is 14.8 Å². The van der Waals surface area contributed by atoms with Crippen LogP contribution in [0.5, 0.6) is 11.5 Å². The van der Waals surface area contributed by atoms with Crippen molar-refractivity contribution in [3.8, 4) is 22.6 Å². The highest BCUT2D eigenvalue weighted by molar-refractivity contribution is 6.63. The molecule has 0 radical (unpaired) electrons. The number of rotatable bonds is 2. The summed E-state index contributed by atoms with van der Waals surface area (Å²) < 4.78 is 39.0. The second-order valence-corrected chi connectivity index (χ2v) is 5.26. The molecule has 0 aromatic heterocycles. The van der Waals surface area contributed by atoms with Gasteiger partial charge in [0.25, 0.3) is 0 Å². The van der Waals surface area contributed by atoms with Gasteiger partial charge in [-0.15, -0.1) is 0 Å². The zero-order valence-corrected chi connectivity index (χ0v) is 12.0. The number of fused-ring (bicyclic) bond motifs is 1. The minimum Gasteiger partial charge on any atom is -0.519 e. The molecule has 23 heavy (non-hydrogen) atoms. The highest BCUT2D eigenvalue weighted by atomic mass is 19.1. The third-order valence-electron chi connectivity index (χ3n) is 3.73. The molecule has 0 unspecified atom stereocenters. The SMILES string of the molecule is Fc1cccc(-c2ccc(B3Oc4ccccc4O3)c(F)c2)c1. The summed E-state index contributed by atoms with van der Waals surface area (Å²) in [5.41, 5.74) is 1.52. The van der Waals surface area contributed by atoms with Crippen LogP contribution in [0.1, 0.15) is 0 Å². The molecular formula is C18H11BF2O2. The van der Waals surface area contributed by atoms with Crippen molar-refractivity contribution in [1.29, 1.82) is 0 Å². The molecule has 112 valence electrons. The molecule has 0 amide bonds. The van der Waals surface area contributed by atoms with E-state index in [9.17, 15) is 8.78 Å². The lowest BCUT2D eigenvalue weighted by Crippen LogP contribution is -2.41. The molecule has 0 fully saturated rings. The van der Waals surface area contributed by atoms with Crippen LogP contribution in [-0.2, 0) is 0 Å². The number of benzene rings is 3. The molecule has 0 bridgehead atoms. The molecule has 0 saturated heterocycles. The summed E-state index contributed by atoms with van der Waals surface area (Å²) in [5.74, 6) is 0.367. The molecule has 1 heterocycles. The zero-order chi connectivity index (χ0) is 15.8. The summed E-state index contributed by atoms with van der Waals surface area (Å²) >= 11 is 0. The van der Waals surface area contributed by atoms with Crippen LogP contribution in [0.25, 0.3) is 11.1 Å². The Bertz CT molecular complexity index is 857. The quantitative estimate of drug-likeness (QED) is 0.671. The van der Waals surface area contributed by atoms with Crippen molar-refractivity contribution in [3.05, 3.63) is 78.4 Å². The molecule has 5 heteroatoms. The summed E-state index contributed by atoms with van der Waals surface area (Å²) in [7, 11) is -0.811. The van der Waals surface area contributed by atoms with Crippen molar-refractivity contribution >= 4 is 12.6 Å². The Morgan fingerprint density at radius 2 is 1.39 bits per heavy atom. The Balaban J connectivity index is 1.65. The molecule has 0 aliphatic carbocycles. The van der Waals surface area contributed by atoms with E-state index in [-0.39, 0.29) is 5.82 Å². The van der Waals surface area contributed by atoms with E-state index in [1.54, 1.807) is 36.4 Å². The van der Waals surface area contributed by atoms with E-state index in [0.29, 0.717) is 28.1 Å². The van der Waals surface area contributed by atoms with Gasteiger partial charge in [-0.25, -0.2) is 8.78 Å². The molecule has 0 saturated carbocycles. The standard InChI is InChI=1S/C18H11BF2O2/c20-14-5-3-4-12(10-14)13-8-9-15(16(21)11-13)19-22-17-6-1-2-7-18(17)23-19/h1-11H. The second kappa shape index (κ2) is 5.43. The smallest absolute Gasteiger partial charge is 0.519 e. The highest BCUT2D eigenvalue weighted by Crippen LogP contribution is 2.32. The van der Waals surface area contributed by atoms with Gasteiger partial charge in [-0.3, -0.25) is 0 Å². The van der Waals surface area contributed by atoms with Crippen LogP contribution >= 0.6 is 0 Å². The number of hydrogen-bond acceptors (Lipinski definition) is 2. The lowest BCUT2D eigenvalue weighted by Gasteiger charge is -2.08. The molecule has 3 aromatic carbocycles. The van der Waals surface area contributed by atoms with Crippen LogP contribution in [0.15, 0.2) is 66.7 Å². The Morgan fingerprint density at radius 1 is 0.696 bits per heavy atom. The van der Waals surface area contributed by atoms with Crippen molar-refractivity contribution in [2.75, 3.05) is 0 Å². The average Bonchev–Trinajstić information content (AvgIpc) is 2.98. The van der Waals surface area contributed by atoms with Crippen molar-refractivity contribution in [3.63, 3.8) is 0 Å². The first kappa shape index (κ1) is 13.8. The lowest BCUT2D eigenvalue weighted by atomic mass is 9.78. The highest BCUT2D eigenvalue weighted by Gasteiger charge is 2.36. The van der Waals surface area contributed by atoms with Gasteiger partial charge in [-0.2, -0.15) is 0 Å². The van der Waals surface area contributed by atoms with Gasteiger partial charge in [0.2, 0.25) is 0 Å². The Kier molecular flexibility index (Phi) is 3.26. The molecule has 4 rings (SSSR count).